The first-order valence-electron chi connectivity index (χ1n) is 13.4. The molecular weight excluding hydrogens is 416 g/mol. The number of ether oxygens (including phenoxy) is 1. The highest BCUT2D eigenvalue weighted by atomic mass is 16.5. The van der Waals surface area contributed by atoms with Crippen molar-refractivity contribution in [3.8, 4) is 5.75 Å². The molecule has 0 heterocycles. The summed E-state index contributed by atoms with van der Waals surface area (Å²) in [6.45, 7) is 7.33. The Morgan fingerprint density at radius 3 is 2.18 bits per heavy atom. The van der Waals surface area contributed by atoms with Gasteiger partial charge in [-0.15, -0.1) is 0 Å². The molecule has 3 rings (SSSR count). The molecule has 0 spiro atoms. The minimum absolute atomic E-state index is 0.255. The van der Waals surface area contributed by atoms with Crippen molar-refractivity contribution in [2.75, 3.05) is 6.61 Å². The molecular formula is C32H42O2. The second-order valence-corrected chi connectivity index (χ2v) is 9.80. The summed E-state index contributed by atoms with van der Waals surface area (Å²) in [4.78, 5) is 12.4. The van der Waals surface area contributed by atoms with Crippen LogP contribution >= 0.6 is 0 Å². The van der Waals surface area contributed by atoms with Crippen LogP contribution in [0.25, 0.3) is 10.8 Å². The highest BCUT2D eigenvalue weighted by Gasteiger charge is 2.10. The molecule has 2 heteroatoms. The standard InChI is InChI=1S/C32H42O2/c1-4-6-7-8-9-10-21-34-31-20-19-29-23-27(15-18-30(29)24-31)12-11-26-13-16-28(17-14-26)32(33)22-25(3)5-2/h13-20,23-25H,4-12,21-22H2,1-3H3/t25-/m1/s1. The van der Waals surface area contributed by atoms with E-state index in [9.17, 15) is 4.79 Å². The fourth-order valence-electron chi connectivity index (χ4n) is 4.32. The lowest BCUT2D eigenvalue weighted by atomic mass is 9.96. The summed E-state index contributed by atoms with van der Waals surface area (Å²) in [5.41, 5.74) is 3.45. The largest absolute Gasteiger partial charge is 0.494 e. The van der Waals surface area contributed by atoms with E-state index >= 15 is 0 Å². The number of rotatable bonds is 15. The van der Waals surface area contributed by atoms with Crippen molar-refractivity contribution in [1.29, 1.82) is 0 Å². The van der Waals surface area contributed by atoms with Gasteiger partial charge < -0.3 is 4.74 Å². The molecule has 182 valence electrons. The maximum Gasteiger partial charge on any atom is 0.163 e. The van der Waals surface area contributed by atoms with E-state index in [-0.39, 0.29) is 5.78 Å². The summed E-state index contributed by atoms with van der Waals surface area (Å²) >= 11 is 0. The Kier molecular flexibility index (Phi) is 10.7. The highest BCUT2D eigenvalue weighted by molar-refractivity contribution is 5.96. The third-order valence-electron chi connectivity index (χ3n) is 6.85. The fourth-order valence-corrected chi connectivity index (χ4v) is 4.32. The molecule has 3 aromatic rings. The van der Waals surface area contributed by atoms with Crippen LogP contribution in [0.3, 0.4) is 0 Å². The van der Waals surface area contributed by atoms with E-state index in [1.807, 2.05) is 12.1 Å². The van der Waals surface area contributed by atoms with E-state index in [2.05, 4.69) is 69.3 Å². The van der Waals surface area contributed by atoms with Crippen LogP contribution in [0.2, 0.25) is 0 Å². The van der Waals surface area contributed by atoms with Crippen LogP contribution < -0.4 is 4.74 Å². The zero-order chi connectivity index (χ0) is 24.2. The van der Waals surface area contributed by atoms with Gasteiger partial charge in [-0.25, -0.2) is 0 Å². The number of benzene rings is 3. The van der Waals surface area contributed by atoms with Crippen molar-refractivity contribution in [3.05, 3.63) is 77.4 Å². The minimum atomic E-state index is 0.255. The van der Waals surface area contributed by atoms with Crippen LogP contribution in [0.4, 0.5) is 0 Å². The number of aryl methyl sites for hydroxylation is 2. The number of unbranched alkanes of at least 4 members (excludes halogenated alkanes) is 5. The van der Waals surface area contributed by atoms with E-state index in [0.29, 0.717) is 12.3 Å². The van der Waals surface area contributed by atoms with Gasteiger partial charge in [0.2, 0.25) is 0 Å². The van der Waals surface area contributed by atoms with Gasteiger partial charge in [0.05, 0.1) is 6.61 Å². The quantitative estimate of drug-likeness (QED) is 0.168. The molecule has 34 heavy (non-hydrogen) atoms. The molecule has 0 N–H and O–H groups in total. The van der Waals surface area contributed by atoms with Crippen molar-refractivity contribution in [3.63, 3.8) is 0 Å². The van der Waals surface area contributed by atoms with Crippen molar-refractivity contribution >= 4 is 16.6 Å². The molecule has 0 radical (unpaired) electrons. The zero-order valence-corrected chi connectivity index (χ0v) is 21.4. The van der Waals surface area contributed by atoms with Crippen LogP contribution in [0.15, 0.2) is 60.7 Å². The monoisotopic (exact) mass is 458 g/mol. The van der Waals surface area contributed by atoms with Gasteiger partial charge in [-0.1, -0.05) is 108 Å². The Morgan fingerprint density at radius 2 is 1.41 bits per heavy atom. The number of carbonyl (C=O) groups excluding carboxylic acids is 1. The average molecular weight is 459 g/mol. The zero-order valence-electron chi connectivity index (χ0n) is 21.4. The molecule has 0 saturated carbocycles. The number of carbonyl (C=O) groups is 1. The summed E-state index contributed by atoms with van der Waals surface area (Å²) in [6.07, 6.45) is 11.3. The Morgan fingerprint density at radius 1 is 0.765 bits per heavy atom. The lowest BCUT2D eigenvalue weighted by Gasteiger charge is -2.09. The van der Waals surface area contributed by atoms with Crippen molar-refractivity contribution in [2.45, 2.75) is 85.0 Å². The first kappa shape index (κ1) is 26.0. The normalized spacial score (nSPS) is 12.1. The van der Waals surface area contributed by atoms with Gasteiger partial charge in [-0.2, -0.15) is 0 Å². The maximum absolute atomic E-state index is 12.4. The first-order valence-corrected chi connectivity index (χ1v) is 13.4. The van der Waals surface area contributed by atoms with Gasteiger partial charge >= 0.3 is 0 Å². The third-order valence-corrected chi connectivity index (χ3v) is 6.85. The maximum atomic E-state index is 12.4. The molecule has 0 saturated heterocycles. The Bertz CT molecular complexity index is 1020. The number of hydrogen-bond donors (Lipinski definition) is 0. The number of fused-ring (bicyclic) bond motifs is 1. The third kappa shape index (κ3) is 8.31. The van der Waals surface area contributed by atoms with Crippen molar-refractivity contribution < 1.29 is 9.53 Å². The predicted molar refractivity (Wildman–Crippen MR) is 145 cm³/mol. The molecule has 0 bridgehead atoms. The molecule has 0 aliphatic carbocycles. The van der Waals surface area contributed by atoms with Gasteiger partial charge in [0.15, 0.2) is 5.78 Å². The molecule has 0 fully saturated rings. The molecule has 0 aromatic heterocycles. The summed E-state index contributed by atoms with van der Waals surface area (Å²) in [6, 6.07) is 21.4. The molecule has 3 aromatic carbocycles. The lowest BCUT2D eigenvalue weighted by molar-refractivity contribution is 0.0963. The average Bonchev–Trinajstić information content (AvgIpc) is 2.87. The van der Waals surface area contributed by atoms with E-state index in [1.165, 1.54) is 54.0 Å². The lowest BCUT2D eigenvalue weighted by Crippen LogP contribution is -2.05. The van der Waals surface area contributed by atoms with Crippen molar-refractivity contribution in [2.24, 2.45) is 5.92 Å². The predicted octanol–water partition coefficient (Wildman–Crippen LogP) is 8.98. The van der Waals surface area contributed by atoms with E-state index in [4.69, 9.17) is 4.74 Å². The van der Waals surface area contributed by atoms with Gasteiger partial charge in [-0.05, 0) is 59.2 Å². The molecule has 0 aliphatic heterocycles. The SMILES string of the molecule is CCCCCCCCOc1ccc2cc(CCc3ccc(C(=O)C[C@H](C)CC)cc3)ccc2c1. The van der Waals surface area contributed by atoms with Gasteiger partial charge in [0, 0.05) is 12.0 Å². The molecule has 2 nitrogen and oxygen atoms in total. The summed E-state index contributed by atoms with van der Waals surface area (Å²) in [5.74, 6) is 1.67. The summed E-state index contributed by atoms with van der Waals surface area (Å²) in [5, 5.41) is 2.49. The van der Waals surface area contributed by atoms with Crippen LogP contribution in [0.1, 0.15) is 93.6 Å². The number of ketones is 1. The van der Waals surface area contributed by atoms with E-state index in [0.717, 1.165) is 43.6 Å². The minimum Gasteiger partial charge on any atom is -0.494 e. The molecule has 0 aliphatic rings. The van der Waals surface area contributed by atoms with Gasteiger partial charge in [0.25, 0.3) is 0 Å². The second-order valence-electron chi connectivity index (χ2n) is 9.80. The second kappa shape index (κ2) is 13.9. The molecule has 0 amide bonds. The number of Topliss-reactive ketones (excluding diaryl/α,β-unsaturated/α-hetero) is 1. The van der Waals surface area contributed by atoms with Crippen LogP contribution in [-0.2, 0) is 12.8 Å². The van der Waals surface area contributed by atoms with Crippen LogP contribution in [0, 0.1) is 5.92 Å². The van der Waals surface area contributed by atoms with E-state index < -0.39 is 0 Å². The van der Waals surface area contributed by atoms with Gasteiger partial charge in [0.1, 0.15) is 5.75 Å². The highest BCUT2D eigenvalue weighted by Crippen LogP contribution is 2.23. The first-order chi connectivity index (χ1) is 16.6. The summed E-state index contributed by atoms with van der Waals surface area (Å²) in [7, 11) is 0. The molecule has 1 atom stereocenters. The Labute approximate surface area is 206 Å². The fraction of sp³-hybridized carbons (Fsp3) is 0.469. The van der Waals surface area contributed by atoms with Crippen LogP contribution in [-0.4, -0.2) is 12.4 Å². The number of hydrogen-bond acceptors (Lipinski definition) is 2. The van der Waals surface area contributed by atoms with Crippen molar-refractivity contribution in [1.82, 2.24) is 0 Å². The molecule has 0 unspecified atom stereocenters. The Hall–Kier alpha value is -2.61. The smallest absolute Gasteiger partial charge is 0.163 e. The van der Waals surface area contributed by atoms with Gasteiger partial charge in [-0.3, -0.25) is 4.79 Å². The topological polar surface area (TPSA) is 26.3 Å². The summed E-state index contributed by atoms with van der Waals surface area (Å²) < 4.78 is 5.99. The Balaban J connectivity index is 1.48. The van der Waals surface area contributed by atoms with E-state index in [1.54, 1.807) is 0 Å². The van der Waals surface area contributed by atoms with Crippen LogP contribution in [0.5, 0.6) is 5.75 Å².